The molecule has 0 atom stereocenters. The molecule has 0 saturated heterocycles. The van der Waals surface area contributed by atoms with Crippen LogP contribution in [-0.2, 0) is 6.54 Å². The van der Waals surface area contributed by atoms with E-state index in [0.29, 0.717) is 28.3 Å². The van der Waals surface area contributed by atoms with E-state index in [4.69, 9.17) is 11.6 Å². The molecule has 6 rings (SSSR count). The van der Waals surface area contributed by atoms with Gasteiger partial charge in [0.1, 0.15) is 5.69 Å². The number of amides is 1. The second kappa shape index (κ2) is 7.50. The number of hydrogen-bond acceptors (Lipinski definition) is 3. The zero-order chi connectivity index (χ0) is 21.7. The van der Waals surface area contributed by atoms with Gasteiger partial charge in [-0.3, -0.25) is 9.36 Å². The quantitative estimate of drug-likeness (QED) is 0.381. The number of hydrogen-bond donors (Lipinski definition) is 1. The maximum absolute atomic E-state index is 13.5. The standard InChI is InChI=1S/C25H20ClN5O/c26-18-7-2-3-8-19(18)29-24(32)22-14-21-23(31(22)25-27-12-5-13-28-25)17-6-1-4-9-20(17)30(21)15-16-10-11-16/h1-9,12-14,16H,10-11,15H2,(H,29,32). The highest BCUT2D eigenvalue weighted by atomic mass is 35.5. The van der Waals surface area contributed by atoms with E-state index in [-0.39, 0.29) is 5.91 Å². The van der Waals surface area contributed by atoms with Crippen LogP contribution in [0.3, 0.4) is 0 Å². The number of halogens is 1. The largest absolute Gasteiger partial charge is 0.339 e. The van der Waals surface area contributed by atoms with Gasteiger partial charge < -0.3 is 9.88 Å². The number of nitrogens with zero attached hydrogens (tertiary/aromatic N) is 4. The van der Waals surface area contributed by atoms with Crippen molar-refractivity contribution in [2.75, 3.05) is 5.32 Å². The van der Waals surface area contributed by atoms with Crippen molar-refractivity contribution in [3.05, 3.63) is 83.8 Å². The van der Waals surface area contributed by atoms with Gasteiger partial charge in [-0.1, -0.05) is 41.9 Å². The van der Waals surface area contributed by atoms with Gasteiger partial charge in [0, 0.05) is 24.3 Å². The van der Waals surface area contributed by atoms with Crippen LogP contribution in [0, 0.1) is 5.92 Å². The Morgan fingerprint density at radius 1 is 1.00 bits per heavy atom. The van der Waals surface area contributed by atoms with Crippen LogP contribution in [-0.4, -0.2) is 25.0 Å². The molecule has 3 aromatic heterocycles. The number of anilines is 1. The Hall–Kier alpha value is -3.64. The molecule has 0 aliphatic heterocycles. The van der Waals surface area contributed by atoms with Crippen molar-refractivity contribution in [3.8, 4) is 5.95 Å². The van der Waals surface area contributed by atoms with Crippen LogP contribution in [0.1, 0.15) is 23.3 Å². The summed E-state index contributed by atoms with van der Waals surface area (Å²) in [5.41, 5.74) is 4.14. The van der Waals surface area contributed by atoms with Gasteiger partial charge in [0.15, 0.2) is 0 Å². The van der Waals surface area contributed by atoms with Gasteiger partial charge in [-0.25, -0.2) is 9.97 Å². The molecule has 7 heteroatoms. The molecule has 0 spiro atoms. The average Bonchev–Trinajstić information content (AvgIpc) is 3.48. The molecule has 2 aromatic carbocycles. The summed E-state index contributed by atoms with van der Waals surface area (Å²) in [4.78, 5) is 22.4. The number of aromatic nitrogens is 4. The predicted molar refractivity (Wildman–Crippen MR) is 126 cm³/mol. The molecule has 1 amide bonds. The van der Waals surface area contributed by atoms with E-state index in [9.17, 15) is 4.79 Å². The summed E-state index contributed by atoms with van der Waals surface area (Å²) in [7, 11) is 0. The van der Waals surface area contributed by atoms with E-state index >= 15 is 0 Å². The molecule has 0 bridgehead atoms. The minimum Gasteiger partial charge on any atom is -0.339 e. The van der Waals surface area contributed by atoms with Crippen LogP contribution in [0.2, 0.25) is 5.02 Å². The van der Waals surface area contributed by atoms with Crippen molar-refractivity contribution in [2.24, 2.45) is 5.92 Å². The highest BCUT2D eigenvalue weighted by Gasteiger charge is 2.28. The second-order valence-electron chi connectivity index (χ2n) is 8.15. The molecule has 32 heavy (non-hydrogen) atoms. The molecule has 3 heterocycles. The number of benzene rings is 2. The first-order chi connectivity index (χ1) is 15.7. The molecule has 1 aliphatic rings. The first-order valence-corrected chi connectivity index (χ1v) is 11.0. The smallest absolute Gasteiger partial charge is 0.272 e. The summed E-state index contributed by atoms with van der Waals surface area (Å²) < 4.78 is 4.18. The molecule has 1 fully saturated rings. The van der Waals surface area contributed by atoms with Crippen molar-refractivity contribution >= 4 is 45.1 Å². The van der Waals surface area contributed by atoms with Gasteiger partial charge >= 0.3 is 0 Å². The fourth-order valence-corrected chi connectivity index (χ4v) is 4.47. The topological polar surface area (TPSA) is 64.7 Å². The molecule has 6 nitrogen and oxygen atoms in total. The van der Waals surface area contributed by atoms with Crippen molar-refractivity contribution in [1.29, 1.82) is 0 Å². The Labute approximate surface area is 189 Å². The Bertz CT molecular complexity index is 1470. The molecule has 1 saturated carbocycles. The summed E-state index contributed by atoms with van der Waals surface area (Å²) >= 11 is 6.29. The van der Waals surface area contributed by atoms with E-state index in [0.717, 1.165) is 28.5 Å². The zero-order valence-corrected chi connectivity index (χ0v) is 18.0. The highest BCUT2D eigenvalue weighted by Crippen LogP contribution is 2.38. The minimum atomic E-state index is -0.260. The van der Waals surface area contributed by atoms with Crippen molar-refractivity contribution in [2.45, 2.75) is 19.4 Å². The Balaban J connectivity index is 1.59. The second-order valence-corrected chi connectivity index (χ2v) is 8.56. The predicted octanol–water partition coefficient (Wildman–Crippen LogP) is 5.69. The first-order valence-electron chi connectivity index (χ1n) is 10.7. The average molecular weight is 442 g/mol. The number of para-hydroxylation sites is 2. The summed E-state index contributed by atoms with van der Waals surface area (Å²) in [5.74, 6) is 0.885. The SMILES string of the molecule is O=C(Nc1ccccc1Cl)c1cc2c(c3ccccc3n2CC2CC2)n1-c1ncccn1. The summed E-state index contributed by atoms with van der Waals surface area (Å²) in [5, 5.41) is 4.52. The lowest BCUT2D eigenvalue weighted by atomic mass is 10.2. The highest BCUT2D eigenvalue weighted by molar-refractivity contribution is 6.34. The van der Waals surface area contributed by atoms with Crippen LogP contribution in [0.15, 0.2) is 73.1 Å². The monoisotopic (exact) mass is 441 g/mol. The maximum atomic E-state index is 13.5. The number of rotatable bonds is 5. The van der Waals surface area contributed by atoms with Gasteiger partial charge in [0.2, 0.25) is 5.95 Å². The van der Waals surface area contributed by atoms with E-state index in [1.165, 1.54) is 12.8 Å². The lowest BCUT2D eigenvalue weighted by Crippen LogP contribution is -2.17. The normalized spacial score (nSPS) is 13.7. The van der Waals surface area contributed by atoms with Crippen LogP contribution in [0.4, 0.5) is 5.69 Å². The summed E-state index contributed by atoms with van der Waals surface area (Å²) in [6.45, 7) is 0.940. The van der Waals surface area contributed by atoms with Crippen molar-refractivity contribution in [1.82, 2.24) is 19.1 Å². The third-order valence-corrected chi connectivity index (χ3v) is 6.30. The number of carbonyl (C=O) groups is 1. The summed E-state index contributed by atoms with van der Waals surface area (Å²) in [6, 6.07) is 19.2. The van der Waals surface area contributed by atoms with Crippen molar-refractivity contribution < 1.29 is 4.79 Å². The number of carbonyl (C=O) groups excluding carboxylic acids is 1. The third-order valence-electron chi connectivity index (χ3n) is 5.97. The van der Waals surface area contributed by atoms with E-state index < -0.39 is 0 Å². The molecular formula is C25H20ClN5O. The van der Waals surface area contributed by atoms with Crippen LogP contribution < -0.4 is 5.32 Å². The molecular weight excluding hydrogens is 422 g/mol. The number of fused-ring (bicyclic) bond motifs is 3. The van der Waals surface area contributed by atoms with Gasteiger partial charge in [-0.2, -0.15) is 0 Å². The van der Waals surface area contributed by atoms with Crippen LogP contribution >= 0.6 is 11.6 Å². The third kappa shape index (κ3) is 3.15. The van der Waals surface area contributed by atoms with Gasteiger partial charge in [0.25, 0.3) is 5.91 Å². The Kier molecular flexibility index (Phi) is 4.47. The molecule has 5 aromatic rings. The van der Waals surface area contributed by atoms with Crippen molar-refractivity contribution in [3.63, 3.8) is 0 Å². The zero-order valence-electron chi connectivity index (χ0n) is 17.2. The lowest BCUT2D eigenvalue weighted by Gasteiger charge is -2.10. The lowest BCUT2D eigenvalue weighted by molar-refractivity contribution is 0.102. The maximum Gasteiger partial charge on any atom is 0.272 e. The molecule has 158 valence electrons. The molecule has 0 unspecified atom stereocenters. The van der Waals surface area contributed by atoms with Gasteiger partial charge in [-0.05, 0) is 49.1 Å². The Morgan fingerprint density at radius 3 is 2.53 bits per heavy atom. The number of nitrogens with one attached hydrogen (secondary N) is 1. The van der Waals surface area contributed by atoms with E-state index in [1.807, 2.05) is 28.8 Å². The van der Waals surface area contributed by atoms with Crippen LogP contribution in [0.25, 0.3) is 27.9 Å². The fraction of sp³-hybridized carbons (Fsp3) is 0.160. The molecule has 1 aliphatic carbocycles. The summed E-state index contributed by atoms with van der Waals surface area (Å²) in [6.07, 6.45) is 5.87. The van der Waals surface area contributed by atoms with Gasteiger partial charge in [0.05, 0.1) is 27.3 Å². The van der Waals surface area contributed by atoms with E-state index in [2.05, 4.69) is 38.1 Å². The minimum absolute atomic E-state index is 0.260. The van der Waals surface area contributed by atoms with E-state index in [1.54, 1.807) is 30.6 Å². The Morgan fingerprint density at radius 2 is 1.75 bits per heavy atom. The molecule has 0 radical (unpaired) electrons. The van der Waals surface area contributed by atoms with Crippen LogP contribution in [0.5, 0.6) is 0 Å². The van der Waals surface area contributed by atoms with Gasteiger partial charge in [-0.15, -0.1) is 0 Å². The molecule has 1 N–H and O–H groups in total. The fourth-order valence-electron chi connectivity index (χ4n) is 4.29. The first kappa shape index (κ1) is 19.1.